The molecule has 1 heterocycles. The maximum atomic E-state index is 10.9. The number of hydrogen-bond donors (Lipinski definition) is 4. The number of aliphatic hydroxyl groups is 3. The van der Waals surface area contributed by atoms with Gasteiger partial charge in [0.05, 0.1) is 6.61 Å². The van der Waals surface area contributed by atoms with E-state index in [9.17, 15) is 20.1 Å². The first-order valence-electron chi connectivity index (χ1n) is 6.58. The van der Waals surface area contributed by atoms with Gasteiger partial charge in [0.2, 0.25) is 0 Å². The van der Waals surface area contributed by atoms with E-state index in [0.29, 0.717) is 6.42 Å². The Balaban J connectivity index is 1.91. The second kappa shape index (κ2) is 6.97. The first kappa shape index (κ1) is 15.9. The minimum absolute atomic E-state index is 0.181. The molecule has 1 saturated heterocycles. The highest BCUT2D eigenvalue weighted by Crippen LogP contribution is 2.22. The minimum atomic E-state index is -1.70. The lowest BCUT2D eigenvalue weighted by Gasteiger charge is -2.38. The fraction of sp³-hybridized carbons (Fsp3) is 0.500. The molecular formula is C14H18O7. The number of carboxylic acids is 1. The lowest BCUT2D eigenvalue weighted by atomic mass is 9.99. The first-order chi connectivity index (χ1) is 10.0. The molecule has 7 nitrogen and oxygen atoms in total. The van der Waals surface area contributed by atoms with Crippen molar-refractivity contribution in [3.63, 3.8) is 0 Å². The normalized spacial score (nSPS) is 32.8. The number of hydrogen-bond acceptors (Lipinski definition) is 6. The van der Waals surface area contributed by atoms with Gasteiger partial charge in [0, 0.05) is 0 Å². The molecule has 116 valence electrons. The van der Waals surface area contributed by atoms with Crippen LogP contribution in [-0.2, 0) is 20.7 Å². The van der Waals surface area contributed by atoms with E-state index < -0.39 is 36.7 Å². The van der Waals surface area contributed by atoms with Crippen LogP contribution < -0.4 is 0 Å². The zero-order valence-corrected chi connectivity index (χ0v) is 11.2. The standard InChI is InChI=1S/C14H18O7/c15-9-10(16)12(13(18)19)21-14(11(9)17)20-7-6-8-4-2-1-3-5-8/h1-5,9-12,14-17H,6-7H2,(H,18,19). The van der Waals surface area contributed by atoms with Crippen molar-refractivity contribution in [3.8, 4) is 0 Å². The fourth-order valence-corrected chi connectivity index (χ4v) is 2.13. The first-order valence-corrected chi connectivity index (χ1v) is 6.58. The van der Waals surface area contributed by atoms with Gasteiger partial charge in [-0.25, -0.2) is 4.79 Å². The van der Waals surface area contributed by atoms with Crippen LogP contribution in [0.15, 0.2) is 30.3 Å². The Labute approximate surface area is 121 Å². The monoisotopic (exact) mass is 298 g/mol. The Morgan fingerprint density at radius 3 is 2.38 bits per heavy atom. The van der Waals surface area contributed by atoms with Gasteiger partial charge in [0.1, 0.15) is 18.3 Å². The van der Waals surface area contributed by atoms with Gasteiger partial charge in [-0.05, 0) is 12.0 Å². The van der Waals surface area contributed by atoms with E-state index >= 15 is 0 Å². The van der Waals surface area contributed by atoms with Crippen molar-refractivity contribution in [2.24, 2.45) is 0 Å². The molecule has 7 heteroatoms. The molecule has 4 N–H and O–H groups in total. The van der Waals surface area contributed by atoms with E-state index in [0.717, 1.165) is 5.56 Å². The van der Waals surface area contributed by atoms with Crippen molar-refractivity contribution < 1.29 is 34.7 Å². The van der Waals surface area contributed by atoms with E-state index in [1.165, 1.54) is 0 Å². The van der Waals surface area contributed by atoms with Crippen LogP contribution in [0.25, 0.3) is 0 Å². The summed E-state index contributed by atoms with van der Waals surface area (Å²) in [6, 6.07) is 9.44. The van der Waals surface area contributed by atoms with E-state index in [4.69, 9.17) is 14.6 Å². The van der Waals surface area contributed by atoms with Gasteiger partial charge in [-0.3, -0.25) is 0 Å². The second-order valence-electron chi connectivity index (χ2n) is 4.84. The van der Waals surface area contributed by atoms with E-state index in [2.05, 4.69) is 0 Å². The van der Waals surface area contributed by atoms with Gasteiger partial charge in [0.15, 0.2) is 12.4 Å². The molecule has 1 aromatic carbocycles. The van der Waals surface area contributed by atoms with E-state index in [-0.39, 0.29) is 6.61 Å². The fourth-order valence-electron chi connectivity index (χ4n) is 2.13. The van der Waals surface area contributed by atoms with Gasteiger partial charge in [-0.1, -0.05) is 30.3 Å². The average molecular weight is 298 g/mol. The predicted molar refractivity (Wildman–Crippen MR) is 70.4 cm³/mol. The van der Waals surface area contributed by atoms with E-state index in [1.807, 2.05) is 30.3 Å². The van der Waals surface area contributed by atoms with Gasteiger partial charge >= 0.3 is 5.97 Å². The molecule has 1 fully saturated rings. The number of ether oxygens (including phenoxy) is 2. The van der Waals surface area contributed by atoms with Crippen molar-refractivity contribution in [2.45, 2.75) is 37.1 Å². The van der Waals surface area contributed by atoms with Crippen molar-refractivity contribution >= 4 is 5.97 Å². The van der Waals surface area contributed by atoms with Gasteiger partial charge in [0.25, 0.3) is 0 Å². The summed E-state index contributed by atoms with van der Waals surface area (Å²) in [6.45, 7) is 0.181. The molecule has 0 amide bonds. The highest BCUT2D eigenvalue weighted by Gasteiger charge is 2.47. The van der Waals surface area contributed by atoms with Crippen molar-refractivity contribution in [2.75, 3.05) is 6.61 Å². The third kappa shape index (κ3) is 3.78. The summed E-state index contributed by atoms with van der Waals surface area (Å²) >= 11 is 0. The summed E-state index contributed by atoms with van der Waals surface area (Å²) in [6.07, 6.45) is -7.23. The highest BCUT2D eigenvalue weighted by atomic mass is 16.7. The quantitative estimate of drug-likeness (QED) is 0.559. The summed E-state index contributed by atoms with van der Waals surface area (Å²) in [5, 5.41) is 37.8. The molecule has 0 saturated carbocycles. The smallest absolute Gasteiger partial charge is 0.335 e. The van der Waals surface area contributed by atoms with Gasteiger partial charge in [-0.15, -0.1) is 0 Å². The highest BCUT2D eigenvalue weighted by molar-refractivity contribution is 5.73. The van der Waals surface area contributed by atoms with Crippen LogP contribution in [0.2, 0.25) is 0 Å². The van der Waals surface area contributed by atoms with Crippen molar-refractivity contribution in [3.05, 3.63) is 35.9 Å². The summed E-state index contributed by atoms with van der Waals surface area (Å²) in [7, 11) is 0. The van der Waals surface area contributed by atoms with Crippen LogP contribution in [0.4, 0.5) is 0 Å². The number of carboxylic acid groups (broad SMARTS) is 1. The third-order valence-electron chi connectivity index (χ3n) is 3.33. The molecule has 0 radical (unpaired) electrons. The van der Waals surface area contributed by atoms with Crippen LogP contribution in [0.1, 0.15) is 5.56 Å². The maximum Gasteiger partial charge on any atom is 0.335 e. The Morgan fingerprint density at radius 2 is 1.76 bits per heavy atom. The average Bonchev–Trinajstić information content (AvgIpc) is 2.48. The molecule has 0 bridgehead atoms. The Morgan fingerprint density at radius 1 is 1.10 bits per heavy atom. The molecule has 1 aliphatic heterocycles. The zero-order valence-electron chi connectivity index (χ0n) is 11.2. The van der Waals surface area contributed by atoms with Crippen LogP contribution in [-0.4, -0.2) is 63.7 Å². The molecule has 1 aliphatic rings. The molecular weight excluding hydrogens is 280 g/mol. The number of carbonyl (C=O) groups is 1. The maximum absolute atomic E-state index is 10.9. The number of aliphatic hydroxyl groups excluding tert-OH is 3. The molecule has 21 heavy (non-hydrogen) atoms. The lowest BCUT2D eigenvalue weighted by molar-refractivity contribution is -0.293. The molecule has 5 unspecified atom stereocenters. The zero-order chi connectivity index (χ0) is 15.4. The molecule has 0 aliphatic carbocycles. The van der Waals surface area contributed by atoms with Crippen LogP contribution in [0.3, 0.4) is 0 Å². The number of aliphatic carboxylic acids is 1. The van der Waals surface area contributed by atoms with Gasteiger partial charge < -0.3 is 29.9 Å². The topological polar surface area (TPSA) is 116 Å². The minimum Gasteiger partial charge on any atom is -0.479 e. The Bertz CT molecular complexity index is 464. The van der Waals surface area contributed by atoms with Crippen LogP contribution in [0.5, 0.6) is 0 Å². The van der Waals surface area contributed by atoms with Crippen molar-refractivity contribution in [1.82, 2.24) is 0 Å². The van der Waals surface area contributed by atoms with E-state index in [1.54, 1.807) is 0 Å². The number of benzene rings is 1. The number of rotatable bonds is 5. The summed E-state index contributed by atoms with van der Waals surface area (Å²) in [5.74, 6) is -1.43. The lowest BCUT2D eigenvalue weighted by Crippen LogP contribution is -2.60. The largest absolute Gasteiger partial charge is 0.479 e. The predicted octanol–water partition coefficient (Wildman–Crippen LogP) is -0.862. The summed E-state index contributed by atoms with van der Waals surface area (Å²) in [5.41, 5.74) is 1.01. The van der Waals surface area contributed by atoms with Gasteiger partial charge in [-0.2, -0.15) is 0 Å². The Hall–Kier alpha value is -1.51. The SMILES string of the molecule is O=C(O)C1OC(OCCc2ccccc2)C(O)C(O)C1O. The molecule has 0 aromatic heterocycles. The summed E-state index contributed by atoms with van der Waals surface area (Å²) < 4.78 is 10.3. The van der Waals surface area contributed by atoms with Crippen LogP contribution in [0, 0.1) is 0 Å². The Kier molecular flexibility index (Phi) is 5.27. The molecule has 1 aromatic rings. The summed E-state index contributed by atoms with van der Waals surface area (Å²) in [4.78, 5) is 10.9. The van der Waals surface area contributed by atoms with Crippen molar-refractivity contribution in [1.29, 1.82) is 0 Å². The molecule has 0 spiro atoms. The molecule has 5 atom stereocenters. The van der Waals surface area contributed by atoms with Crippen LogP contribution >= 0.6 is 0 Å². The second-order valence-corrected chi connectivity index (χ2v) is 4.84. The molecule has 2 rings (SSSR count). The third-order valence-corrected chi connectivity index (χ3v) is 3.33.